The number of aryl methyl sites for hydroxylation is 1. The number of carboxylic acids is 1. The van der Waals surface area contributed by atoms with Crippen LogP contribution < -0.4 is 10.2 Å². The second-order valence-corrected chi connectivity index (χ2v) is 7.32. The first kappa shape index (κ1) is 20.6. The van der Waals surface area contributed by atoms with Gasteiger partial charge in [-0.1, -0.05) is 6.07 Å². The van der Waals surface area contributed by atoms with Gasteiger partial charge >= 0.3 is 12.1 Å². The number of hydrogen-bond donors (Lipinski definition) is 2. The highest BCUT2D eigenvalue weighted by molar-refractivity contribution is 5.75. The maximum Gasteiger partial charge on any atom is 0.433 e. The normalized spacial score (nSPS) is 14.3. The molecule has 0 spiro atoms. The first-order valence-corrected chi connectivity index (χ1v) is 9.42. The van der Waals surface area contributed by atoms with E-state index < -0.39 is 17.8 Å². The summed E-state index contributed by atoms with van der Waals surface area (Å²) >= 11 is 0. The summed E-state index contributed by atoms with van der Waals surface area (Å²) in [4.78, 5) is 24.6. The Bertz CT molecular complexity index is 1110. The Morgan fingerprint density at radius 1 is 1.13 bits per heavy atom. The molecule has 160 valence electrons. The van der Waals surface area contributed by atoms with Crippen LogP contribution in [-0.2, 0) is 11.0 Å². The van der Waals surface area contributed by atoms with Crippen LogP contribution in [0.3, 0.4) is 0 Å². The molecular formula is C21H18F3N5O2. The number of nitrogens with zero attached hydrogens (tertiary/aromatic N) is 4. The summed E-state index contributed by atoms with van der Waals surface area (Å²) < 4.78 is 38.6. The largest absolute Gasteiger partial charge is 0.481 e. The maximum absolute atomic E-state index is 12.9. The van der Waals surface area contributed by atoms with Crippen molar-refractivity contribution in [3.8, 4) is 11.1 Å². The molecule has 3 heterocycles. The van der Waals surface area contributed by atoms with Crippen LogP contribution in [0.2, 0.25) is 0 Å². The molecule has 1 aromatic carbocycles. The van der Waals surface area contributed by atoms with Crippen LogP contribution in [0.1, 0.15) is 11.3 Å². The van der Waals surface area contributed by atoms with Crippen molar-refractivity contribution in [2.75, 3.05) is 23.3 Å². The first-order chi connectivity index (χ1) is 14.7. The van der Waals surface area contributed by atoms with Gasteiger partial charge in [-0.25, -0.2) is 15.0 Å². The fourth-order valence-corrected chi connectivity index (χ4v) is 3.29. The number of rotatable bonds is 5. The van der Waals surface area contributed by atoms with Gasteiger partial charge in [-0.3, -0.25) is 4.79 Å². The van der Waals surface area contributed by atoms with Crippen LogP contribution >= 0.6 is 0 Å². The van der Waals surface area contributed by atoms with Gasteiger partial charge in [0, 0.05) is 36.7 Å². The highest BCUT2D eigenvalue weighted by Crippen LogP contribution is 2.30. The molecule has 0 bridgehead atoms. The van der Waals surface area contributed by atoms with Crippen LogP contribution in [0.5, 0.6) is 0 Å². The fourth-order valence-electron chi connectivity index (χ4n) is 3.29. The van der Waals surface area contributed by atoms with E-state index in [2.05, 4.69) is 20.3 Å². The van der Waals surface area contributed by atoms with Crippen molar-refractivity contribution in [1.82, 2.24) is 15.0 Å². The van der Waals surface area contributed by atoms with Crippen molar-refractivity contribution in [3.05, 3.63) is 60.0 Å². The molecule has 2 aromatic heterocycles. The Kier molecular flexibility index (Phi) is 5.22. The van der Waals surface area contributed by atoms with Crippen molar-refractivity contribution >= 4 is 23.4 Å². The van der Waals surface area contributed by atoms with E-state index in [0.29, 0.717) is 24.6 Å². The van der Waals surface area contributed by atoms with Gasteiger partial charge in [0.05, 0.1) is 5.92 Å². The summed E-state index contributed by atoms with van der Waals surface area (Å²) in [6.07, 6.45) is -1.81. The molecule has 0 amide bonds. The van der Waals surface area contributed by atoms with Gasteiger partial charge in [-0.15, -0.1) is 0 Å². The topological polar surface area (TPSA) is 91.2 Å². The monoisotopic (exact) mass is 429 g/mol. The minimum Gasteiger partial charge on any atom is -0.481 e. The van der Waals surface area contributed by atoms with E-state index >= 15 is 0 Å². The number of halogens is 3. The SMILES string of the molecule is Cc1cc(Nc2nccc(C(F)(F)F)n2)cc(-c2ccc(N3CC(C(=O)O)C3)nc2)c1. The quantitative estimate of drug-likeness (QED) is 0.630. The third kappa shape index (κ3) is 4.57. The van der Waals surface area contributed by atoms with Crippen LogP contribution in [-0.4, -0.2) is 39.1 Å². The molecule has 2 N–H and O–H groups in total. The summed E-state index contributed by atoms with van der Waals surface area (Å²) in [5, 5.41) is 11.8. The van der Waals surface area contributed by atoms with E-state index in [1.165, 1.54) is 0 Å². The zero-order chi connectivity index (χ0) is 22.2. The van der Waals surface area contributed by atoms with Crippen molar-refractivity contribution in [2.45, 2.75) is 13.1 Å². The summed E-state index contributed by atoms with van der Waals surface area (Å²) in [5.41, 5.74) is 2.05. The van der Waals surface area contributed by atoms with Gasteiger partial charge in [0.2, 0.25) is 5.95 Å². The standard InChI is InChI=1S/C21H18F3N5O2/c1-12-6-14(13-2-3-18(26-9-13)29-10-15(11-29)19(30)31)8-16(7-12)27-20-25-5-4-17(28-20)21(22,23)24/h2-9,15H,10-11H2,1H3,(H,30,31)(H,25,27,28). The van der Waals surface area contributed by atoms with Gasteiger partial charge < -0.3 is 15.3 Å². The summed E-state index contributed by atoms with van der Waals surface area (Å²) in [7, 11) is 0. The minimum absolute atomic E-state index is 0.148. The van der Waals surface area contributed by atoms with Crippen LogP contribution in [0.15, 0.2) is 48.8 Å². The number of aliphatic carboxylic acids is 1. The van der Waals surface area contributed by atoms with E-state index in [9.17, 15) is 18.0 Å². The molecule has 31 heavy (non-hydrogen) atoms. The highest BCUT2D eigenvalue weighted by atomic mass is 19.4. The maximum atomic E-state index is 12.9. The molecular weight excluding hydrogens is 411 g/mol. The second-order valence-electron chi connectivity index (χ2n) is 7.32. The number of anilines is 3. The number of carbonyl (C=O) groups is 1. The van der Waals surface area contributed by atoms with E-state index in [4.69, 9.17) is 5.11 Å². The third-order valence-electron chi connectivity index (χ3n) is 4.92. The van der Waals surface area contributed by atoms with E-state index in [1.54, 1.807) is 18.3 Å². The van der Waals surface area contributed by atoms with Gasteiger partial charge in [0.25, 0.3) is 0 Å². The lowest BCUT2D eigenvalue weighted by Gasteiger charge is -2.37. The number of carboxylic acid groups (broad SMARTS) is 1. The molecule has 10 heteroatoms. The molecule has 1 aliphatic heterocycles. The van der Waals surface area contributed by atoms with Gasteiger partial charge in [-0.05, 0) is 48.4 Å². The first-order valence-electron chi connectivity index (χ1n) is 9.42. The molecule has 1 aliphatic rings. The summed E-state index contributed by atoms with van der Waals surface area (Å²) in [5.74, 6) is -0.627. The van der Waals surface area contributed by atoms with Crippen molar-refractivity contribution in [2.24, 2.45) is 5.92 Å². The van der Waals surface area contributed by atoms with Crippen LogP contribution in [0.25, 0.3) is 11.1 Å². The number of benzene rings is 1. The van der Waals surface area contributed by atoms with E-state index in [1.807, 2.05) is 30.0 Å². The van der Waals surface area contributed by atoms with E-state index in [-0.39, 0.29) is 11.9 Å². The molecule has 0 atom stereocenters. The zero-order valence-corrected chi connectivity index (χ0v) is 16.4. The Hall–Kier alpha value is -3.69. The molecule has 0 radical (unpaired) electrons. The molecule has 7 nitrogen and oxygen atoms in total. The van der Waals surface area contributed by atoms with Crippen molar-refractivity contribution in [3.63, 3.8) is 0 Å². The Morgan fingerprint density at radius 3 is 2.55 bits per heavy atom. The smallest absolute Gasteiger partial charge is 0.433 e. The van der Waals surface area contributed by atoms with E-state index in [0.717, 1.165) is 29.0 Å². The second kappa shape index (κ2) is 7.86. The number of aromatic nitrogens is 3. The molecule has 0 aliphatic carbocycles. The fraction of sp³-hybridized carbons (Fsp3) is 0.238. The molecule has 0 unspecified atom stereocenters. The minimum atomic E-state index is -4.55. The lowest BCUT2D eigenvalue weighted by Crippen LogP contribution is -2.50. The average Bonchev–Trinajstić information content (AvgIpc) is 2.66. The number of nitrogens with one attached hydrogen (secondary N) is 1. The third-order valence-corrected chi connectivity index (χ3v) is 4.92. The molecule has 4 rings (SSSR count). The number of pyridine rings is 1. The van der Waals surface area contributed by atoms with Gasteiger partial charge in [0.15, 0.2) is 0 Å². The molecule has 3 aromatic rings. The Balaban J connectivity index is 1.53. The zero-order valence-electron chi connectivity index (χ0n) is 16.4. The Labute approximate surface area is 175 Å². The molecule has 1 fully saturated rings. The lowest BCUT2D eigenvalue weighted by molar-refractivity contribution is -0.142. The summed E-state index contributed by atoms with van der Waals surface area (Å²) in [6.45, 7) is 2.73. The van der Waals surface area contributed by atoms with Crippen molar-refractivity contribution in [1.29, 1.82) is 0 Å². The predicted molar refractivity (Wildman–Crippen MR) is 108 cm³/mol. The number of hydrogen-bond acceptors (Lipinski definition) is 6. The lowest BCUT2D eigenvalue weighted by atomic mass is 10.00. The van der Waals surface area contributed by atoms with Crippen LogP contribution in [0.4, 0.5) is 30.6 Å². The van der Waals surface area contributed by atoms with Crippen molar-refractivity contribution < 1.29 is 23.1 Å². The van der Waals surface area contributed by atoms with Gasteiger partial charge in [0.1, 0.15) is 11.5 Å². The van der Waals surface area contributed by atoms with Gasteiger partial charge in [-0.2, -0.15) is 13.2 Å². The Morgan fingerprint density at radius 2 is 1.90 bits per heavy atom. The molecule has 1 saturated heterocycles. The average molecular weight is 429 g/mol. The predicted octanol–water partition coefficient (Wildman–Crippen LogP) is 4.13. The van der Waals surface area contributed by atoms with Crippen LogP contribution in [0, 0.1) is 12.8 Å². The highest BCUT2D eigenvalue weighted by Gasteiger charge is 2.33. The number of alkyl halides is 3. The molecule has 0 saturated carbocycles. The summed E-state index contributed by atoms with van der Waals surface area (Å²) in [6, 6.07) is 9.99.